The average molecular weight is 347 g/mol. The van der Waals surface area contributed by atoms with Gasteiger partial charge in [-0.2, -0.15) is 5.26 Å². The molecule has 1 aliphatic heterocycles. The van der Waals surface area contributed by atoms with Crippen LogP contribution in [0.2, 0.25) is 0 Å². The Labute approximate surface area is 158 Å². The number of piperidine rings is 1. The Bertz CT molecular complexity index is 757. The van der Waals surface area contributed by atoms with Crippen LogP contribution in [0.15, 0.2) is 54.6 Å². The van der Waals surface area contributed by atoms with Crippen molar-refractivity contribution in [1.29, 1.82) is 5.26 Å². The summed E-state index contributed by atoms with van der Waals surface area (Å²) in [5.74, 6) is 0. The Morgan fingerprint density at radius 1 is 0.962 bits per heavy atom. The van der Waals surface area contributed by atoms with E-state index in [0.29, 0.717) is 6.42 Å². The van der Waals surface area contributed by atoms with Crippen LogP contribution in [0.1, 0.15) is 45.6 Å². The third-order valence-electron chi connectivity index (χ3n) is 6.26. The lowest BCUT2D eigenvalue weighted by atomic mass is 9.60. The van der Waals surface area contributed by atoms with Crippen molar-refractivity contribution in [3.8, 4) is 17.2 Å². The first-order valence-electron chi connectivity index (χ1n) is 9.67. The highest BCUT2D eigenvalue weighted by Gasteiger charge is 2.43. The van der Waals surface area contributed by atoms with Gasteiger partial charge in [0.15, 0.2) is 0 Å². The van der Waals surface area contributed by atoms with Gasteiger partial charge in [0.1, 0.15) is 0 Å². The van der Waals surface area contributed by atoms with Crippen molar-refractivity contribution >= 4 is 0 Å². The largest absolute Gasteiger partial charge is 0.299 e. The molecule has 0 unspecified atom stereocenters. The molecule has 0 aliphatic carbocycles. The second kappa shape index (κ2) is 7.64. The van der Waals surface area contributed by atoms with Gasteiger partial charge >= 0.3 is 0 Å². The Kier molecular flexibility index (Phi) is 5.49. The van der Waals surface area contributed by atoms with Gasteiger partial charge in [0.2, 0.25) is 0 Å². The molecule has 2 heteroatoms. The summed E-state index contributed by atoms with van der Waals surface area (Å²) in [4.78, 5) is 2.55. The molecule has 2 aromatic rings. The van der Waals surface area contributed by atoms with Crippen LogP contribution >= 0.6 is 0 Å². The number of hydrogen-bond acceptors (Lipinski definition) is 2. The minimum Gasteiger partial charge on any atom is -0.299 e. The zero-order valence-corrected chi connectivity index (χ0v) is 16.3. The molecular weight excluding hydrogens is 316 g/mol. The van der Waals surface area contributed by atoms with Crippen molar-refractivity contribution in [3.63, 3.8) is 0 Å². The van der Waals surface area contributed by atoms with E-state index in [1.807, 2.05) is 0 Å². The van der Waals surface area contributed by atoms with Gasteiger partial charge in [0, 0.05) is 13.0 Å². The van der Waals surface area contributed by atoms with E-state index in [1.54, 1.807) is 0 Å². The van der Waals surface area contributed by atoms with E-state index in [1.165, 1.54) is 16.7 Å². The summed E-state index contributed by atoms with van der Waals surface area (Å²) in [6.07, 6.45) is 2.90. The van der Waals surface area contributed by atoms with E-state index < -0.39 is 0 Å². The number of nitrogens with zero attached hydrogens (tertiary/aromatic N) is 2. The molecule has 1 heterocycles. The summed E-state index contributed by atoms with van der Waals surface area (Å²) in [6, 6.07) is 21.9. The van der Waals surface area contributed by atoms with E-state index in [-0.39, 0.29) is 10.8 Å². The first kappa shape index (κ1) is 18.7. The molecule has 0 spiro atoms. The van der Waals surface area contributed by atoms with Gasteiger partial charge in [-0.1, -0.05) is 69.3 Å². The van der Waals surface area contributed by atoms with Gasteiger partial charge in [-0.25, -0.2) is 0 Å². The smallest absolute Gasteiger partial charge is 0.0627 e. The number of likely N-dealkylation sites (tertiary alicyclic amines) is 1. The van der Waals surface area contributed by atoms with Gasteiger partial charge < -0.3 is 0 Å². The molecule has 0 radical (unpaired) electrons. The summed E-state index contributed by atoms with van der Waals surface area (Å²) in [5.41, 5.74) is 4.27. The number of nitriles is 1. The molecule has 0 N–H and O–H groups in total. The molecule has 26 heavy (non-hydrogen) atoms. The van der Waals surface area contributed by atoms with E-state index >= 15 is 0 Å². The highest BCUT2D eigenvalue weighted by atomic mass is 15.1. The lowest BCUT2D eigenvalue weighted by molar-refractivity contribution is 0.00711. The van der Waals surface area contributed by atoms with Crippen LogP contribution < -0.4 is 0 Å². The van der Waals surface area contributed by atoms with Crippen LogP contribution in [0.5, 0.6) is 0 Å². The van der Waals surface area contributed by atoms with Crippen LogP contribution in [0.4, 0.5) is 0 Å². The predicted molar refractivity (Wildman–Crippen MR) is 109 cm³/mol. The molecule has 136 valence electrons. The number of hydrogen-bond donors (Lipinski definition) is 0. The second-order valence-electron chi connectivity index (χ2n) is 8.71. The maximum absolute atomic E-state index is 9.32. The van der Waals surface area contributed by atoms with Crippen LogP contribution in [-0.2, 0) is 6.54 Å². The zero-order valence-electron chi connectivity index (χ0n) is 16.3. The van der Waals surface area contributed by atoms with Crippen molar-refractivity contribution in [2.75, 3.05) is 13.1 Å². The lowest BCUT2D eigenvalue weighted by Crippen LogP contribution is -2.46. The van der Waals surface area contributed by atoms with Crippen LogP contribution in [0.25, 0.3) is 11.1 Å². The fourth-order valence-corrected chi connectivity index (χ4v) is 4.22. The quantitative estimate of drug-likeness (QED) is 0.689. The monoisotopic (exact) mass is 346 g/mol. The first-order chi connectivity index (χ1) is 12.4. The number of rotatable bonds is 4. The molecular formula is C24H30N2. The molecule has 0 bridgehead atoms. The van der Waals surface area contributed by atoms with Crippen molar-refractivity contribution < 1.29 is 0 Å². The molecule has 0 amide bonds. The van der Waals surface area contributed by atoms with Gasteiger partial charge in [-0.3, -0.25) is 4.90 Å². The molecule has 1 saturated heterocycles. The van der Waals surface area contributed by atoms with Crippen molar-refractivity contribution in [1.82, 2.24) is 4.90 Å². The maximum Gasteiger partial charge on any atom is 0.0627 e. The van der Waals surface area contributed by atoms with Gasteiger partial charge in [0.25, 0.3) is 0 Å². The minimum atomic E-state index is 0.157. The molecule has 1 aliphatic rings. The summed E-state index contributed by atoms with van der Waals surface area (Å²) in [7, 11) is 0. The Hall–Kier alpha value is -2.11. The topological polar surface area (TPSA) is 27.0 Å². The summed E-state index contributed by atoms with van der Waals surface area (Å²) in [6.45, 7) is 10.0. The normalized spacial score (nSPS) is 17.6. The summed E-state index contributed by atoms with van der Waals surface area (Å²) < 4.78 is 0. The molecule has 0 atom stereocenters. The number of benzene rings is 2. The third-order valence-corrected chi connectivity index (χ3v) is 6.26. The molecule has 2 nitrogen and oxygen atoms in total. The minimum absolute atomic E-state index is 0.157. The first-order valence-corrected chi connectivity index (χ1v) is 9.67. The third kappa shape index (κ3) is 4.00. The second-order valence-corrected chi connectivity index (χ2v) is 8.71. The van der Waals surface area contributed by atoms with Crippen LogP contribution in [0.3, 0.4) is 0 Å². The fraction of sp³-hybridized carbons (Fsp3) is 0.458. The SMILES string of the molecule is CC(C)(C)C1(CC#N)CCN(Cc2cccc(-c3ccccc3)c2)CC1. The maximum atomic E-state index is 9.32. The average Bonchev–Trinajstić information content (AvgIpc) is 2.64. The Morgan fingerprint density at radius 2 is 1.62 bits per heavy atom. The molecule has 0 aromatic heterocycles. The Morgan fingerprint density at radius 3 is 2.23 bits per heavy atom. The van der Waals surface area contributed by atoms with Gasteiger partial charge in [-0.05, 0) is 59.5 Å². The highest BCUT2D eigenvalue weighted by molar-refractivity contribution is 5.63. The van der Waals surface area contributed by atoms with Gasteiger partial charge in [0.05, 0.1) is 6.07 Å². The van der Waals surface area contributed by atoms with Crippen molar-refractivity contribution in [2.24, 2.45) is 10.8 Å². The van der Waals surface area contributed by atoms with E-state index in [4.69, 9.17) is 0 Å². The molecule has 3 rings (SSSR count). The van der Waals surface area contributed by atoms with Gasteiger partial charge in [-0.15, -0.1) is 0 Å². The predicted octanol–water partition coefficient (Wildman–Crippen LogP) is 5.90. The fourth-order valence-electron chi connectivity index (χ4n) is 4.22. The standard InChI is InChI=1S/C24H30N2/c1-23(2,3)24(12-15-25)13-16-26(17-14-24)19-20-8-7-11-22(18-20)21-9-5-4-6-10-21/h4-11,18H,12-14,16-17,19H2,1-3H3. The van der Waals surface area contributed by atoms with Crippen LogP contribution in [-0.4, -0.2) is 18.0 Å². The molecule has 2 aromatic carbocycles. The molecule has 0 saturated carbocycles. The van der Waals surface area contributed by atoms with Crippen molar-refractivity contribution in [3.05, 3.63) is 60.2 Å². The Balaban J connectivity index is 1.68. The summed E-state index contributed by atoms with van der Waals surface area (Å²) in [5, 5.41) is 9.32. The lowest BCUT2D eigenvalue weighted by Gasteiger charge is -2.49. The van der Waals surface area contributed by atoms with E-state index in [9.17, 15) is 5.26 Å². The van der Waals surface area contributed by atoms with E-state index in [0.717, 1.165) is 32.5 Å². The zero-order chi connectivity index (χ0) is 18.6. The summed E-state index contributed by atoms with van der Waals surface area (Å²) >= 11 is 0. The highest BCUT2D eigenvalue weighted by Crippen LogP contribution is 2.49. The van der Waals surface area contributed by atoms with Crippen LogP contribution in [0, 0.1) is 22.2 Å². The van der Waals surface area contributed by atoms with Crippen molar-refractivity contribution in [2.45, 2.75) is 46.6 Å². The van der Waals surface area contributed by atoms with E-state index in [2.05, 4.69) is 86.3 Å². The molecule has 1 fully saturated rings.